The van der Waals surface area contributed by atoms with Crippen LogP contribution in [0.2, 0.25) is 0 Å². The molecule has 0 bridgehead atoms. The number of rotatable bonds is 6. The Labute approximate surface area is 92.8 Å². The van der Waals surface area contributed by atoms with Crippen LogP contribution in [0, 0.1) is 11.8 Å². The highest BCUT2D eigenvalue weighted by atomic mass is 32.1. The summed E-state index contributed by atoms with van der Waals surface area (Å²) in [7, 11) is 0. The van der Waals surface area contributed by atoms with Crippen LogP contribution >= 0.6 is 12.6 Å². The summed E-state index contributed by atoms with van der Waals surface area (Å²) in [5, 5.41) is -0.288. The molecule has 14 heavy (non-hydrogen) atoms. The van der Waals surface area contributed by atoms with Crippen molar-refractivity contribution in [3.8, 4) is 0 Å². The molecule has 3 heteroatoms. The molecule has 0 aromatic carbocycles. The molecule has 0 N–H and O–H groups in total. The minimum absolute atomic E-state index is 0.189. The van der Waals surface area contributed by atoms with Gasteiger partial charge in [0.2, 0.25) is 0 Å². The third kappa shape index (κ3) is 5.53. The number of carbonyl (C=O) groups is 1. The van der Waals surface area contributed by atoms with Gasteiger partial charge in [0.05, 0.1) is 6.61 Å². The largest absolute Gasteiger partial charge is 0.465 e. The van der Waals surface area contributed by atoms with Crippen molar-refractivity contribution < 1.29 is 9.53 Å². The first-order valence-corrected chi connectivity index (χ1v) is 5.85. The van der Waals surface area contributed by atoms with Crippen molar-refractivity contribution >= 4 is 18.6 Å². The van der Waals surface area contributed by atoms with E-state index in [4.69, 9.17) is 4.74 Å². The van der Waals surface area contributed by atoms with Gasteiger partial charge < -0.3 is 4.74 Å². The molecule has 0 spiro atoms. The zero-order chi connectivity index (χ0) is 11.1. The van der Waals surface area contributed by atoms with Gasteiger partial charge in [0.15, 0.2) is 0 Å². The highest BCUT2D eigenvalue weighted by Gasteiger charge is 2.19. The second-order valence-electron chi connectivity index (χ2n) is 4.21. The van der Waals surface area contributed by atoms with Crippen molar-refractivity contribution in [1.29, 1.82) is 0 Å². The van der Waals surface area contributed by atoms with Crippen LogP contribution in [-0.4, -0.2) is 17.8 Å². The lowest BCUT2D eigenvalue weighted by Crippen LogP contribution is -2.25. The van der Waals surface area contributed by atoms with Crippen molar-refractivity contribution in [2.75, 3.05) is 6.61 Å². The van der Waals surface area contributed by atoms with Crippen LogP contribution in [0.1, 0.15) is 40.5 Å². The highest BCUT2D eigenvalue weighted by molar-refractivity contribution is 7.81. The molecule has 0 aliphatic rings. The van der Waals surface area contributed by atoms with Crippen molar-refractivity contribution in [2.24, 2.45) is 11.8 Å². The summed E-state index contributed by atoms with van der Waals surface area (Å²) in [6.07, 6.45) is 2.24. The number of esters is 1. The maximum atomic E-state index is 11.4. The maximum Gasteiger partial charge on any atom is 0.319 e. The molecule has 0 saturated carbocycles. The van der Waals surface area contributed by atoms with Gasteiger partial charge in [0.25, 0.3) is 0 Å². The van der Waals surface area contributed by atoms with Gasteiger partial charge in [-0.2, -0.15) is 12.6 Å². The molecule has 0 heterocycles. The van der Waals surface area contributed by atoms with Crippen molar-refractivity contribution in [3.05, 3.63) is 0 Å². The summed E-state index contributed by atoms with van der Waals surface area (Å²) >= 11 is 4.20. The second-order valence-corrected chi connectivity index (χ2v) is 4.77. The van der Waals surface area contributed by atoms with E-state index >= 15 is 0 Å². The van der Waals surface area contributed by atoms with Crippen LogP contribution in [0.5, 0.6) is 0 Å². The lowest BCUT2D eigenvalue weighted by atomic mass is 10.1. The summed E-state index contributed by atoms with van der Waals surface area (Å²) in [6.45, 7) is 8.69. The Morgan fingerprint density at radius 1 is 1.36 bits per heavy atom. The van der Waals surface area contributed by atoms with E-state index in [2.05, 4.69) is 26.5 Å². The van der Waals surface area contributed by atoms with Crippen LogP contribution in [0.25, 0.3) is 0 Å². The Kier molecular flexibility index (Phi) is 7.06. The van der Waals surface area contributed by atoms with E-state index in [1.807, 2.05) is 13.8 Å². The van der Waals surface area contributed by atoms with E-state index in [0.717, 1.165) is 12.8 Å². The summed E-state index contributed by atoms with van der Waals surface area (Å²) in [6, 6.07) is 0. The molecule has 2 atom stereocenters. The van der Waals surface area contributed by atoms with E-state index < -0.39 is 0 Å². The third-order valence-corrected chi connectivity index (χ3v) is 2.97. The van der Waals surface area contributed by atoms with Crippen molar-refractivity contribution in [1.82, 2.24) is 0 Å². The molecule has 0 aliphatic heterocycles. The summed E-state index contributed by atoms with van der Waals surface area (Å²) in [5.41, 5.74) is 0. The van der Waals surface area contributed by atoms with E-state index in [1.54, 1.807) is 0 Å². The fourth-order valence-corrected chi connectivity index (χ4v) is 1.23. The average molecular weight is 218 g/mol. The van der Waals surface area contributed by atoms with E-state index in [9.17, 15) is 4.79 Å². The van der Waals surface area contributed by atoms with Gasteiger partial charge in [-0.05, 0) is 18.3 Å². The molecule has 0 amide bonds. The fraction of sp³-hybridized carbons (Fsp3) is 0.909. The monoisotopic (exact) mass is 218 g/mol. The van der Waals surface area contributed by atoms with Gasteiger partial charge in [0, 0.05) is 0 Å². The molecule has 0 saturated heterocycles. The SMILES string of the molecule is CCCC(C)COC(=O)C(S)C(C)C. The smallest absolute Gasteiger partial charge is 0.319 e. The molecule has 0 aromatic rings. The minimum Gasteiger partial charge on any atom is -0.465 e. The maximum absolute atomic E-state index is 11.4. The van der Waals surface area contributed by atoms with Crippen LogP contribution in [0.15, 0.2) is 0 Å². The molecule has 0 aromatic heterocycles. The second kappa shape index (κ2) is 7.16. The Bertz CT molecular complexity index is 169. The van der Waals surface area contributed by atoms with Crippen molar-refractivity contribution in [3.63, 3.8) is 0 Å². The molecule has 2 nitrogen and oxygen atoms in total. The molecular weight excluding hydrogens is 196 g/mol. The Morgan fingerprint density at radius 2 is 1.93 bits per heavy atom. The van der Waals surface area contributed by atoms with Crippen LogP contribution in [0.3, 0.4) is 0 Å². The number of ether oxygens (including phenoxy) is 1. The van der Waals surface area contributed by atoms with Crippen LogP contribution < -0.4 is 0 Å². The molecule has 2 unspecified atom stereocenters. The zero-order valence-electron chi connectivity index (χ0n) is 9.62. The first-order valence-electron chi connectivity index (χ1n) is 5.33. The quantitative estimate of drug-likeness (QED) is 0.548. The summed E-state index contributed by atoms with van der Waals surface area (Å²) < 4.78 is 5.16. The molecule has 0 fully saturated rings. The lowest BCUT2D eigenvalue weighted by molar-refractivity contribution is -0.145. The summed E-state index contributed by atoms with van der Waals surface area (Å²) in [4.78, 5) is 11.4. The van der Waals surface area contributed by atoms with Crippen LogP contribution in [-0.2, 0) is 9.53 Å². The van der Waals surface area contributed by atoms with Gasteiger partial charge in [-0.3, -0.25) is 4.79 Å². The highest BCUT2D eigenvalue weighted by Crippen LogP contribution is 2.12. The molecule has 84 valence electrons. The topological polar surface area (TPSA) is 26.3 Å². The molecule has 0 radical (unpaired) electrons. The predicted molar refractivity (Wildman–Crippen MR) is 62.6 cm³/mol. The normalized spacial score (nSPS) is 15.3. The number of hydrogen-bond donors (Lipinski definition) is 1. The standard InChI is InChI=1S/C11H22O2S/c1-5-6-9(4)7-13-11(12)10(14)8(2)3/h8-10,14H,5-7H2,1-4H3. The van der Waals surface area contributed by atoms with Gasteiger partial charge in [-0.1, -0.05) is 34.1 Å². The van der Waals surface area contributed by atoms with Gasteiger partial charge >= 0.3 is 5.97 Å². The Hall–Kier alpha value is -0.180. The lowest BCUT2D eigenvalue weighted by Gasteiger charge is -2.16. The third-order valence-electron chi connectivity index (χ3n) is 2.16. The van der Waals surface area contributed by atoms with Crippen molar-refractivity contribution in [2.45, 2.75) is 45.8 Å². The number of hydrogen-bond acceptors (Lipinski definition) is 3. The number of thiol groups is 1. The van der Waals surface area contributed by atoms with E-state index in [-0.39, 0.29) is 17.1 Å². The predicted octanol–water partition coefficient (Wildman–Crippen LogP) is 2.92. The zero-order valence-corrected chi connectivity index (χ0v) is 10.5. The Morgan fingerprint density at radius 3 is 2.36 bits per heavy atom. The van der Waals surface area contributed by atoms with Crippen LogP contribution in [0.4, 0.5) is 0 Å². The average Bonchev–Trinajstić information content (AvgIpc) is 2.13. The summed E-state index contributed by atoms with van der Waals surface area (Å²) in [5.74, 6) is 0.496. The van der Waals surface area contributed by atoms with Gasteiger partial charge in [-0.25, -0.2) is 0 Å². The number of carbonyl (C=O) groups excluding carboxylic acids is 1. The van der Waals surface area contributed by atoms with Gasteiger partial charge in [0.1, 0.15) is 5.25 Å². The molecular formula is C11H22O2S. The first kappa shape index (κ1) is 13.8. The molecule has 0 rings (SSSR count). The van der Waals surface area contributed by atoms with Gasteiger partial charge in [-0.15, -0.1) is 0 Å². The molecule has 0 aliphatic carbocycles. The van der Waals surface area contributed by atoms with E-state index in [1.165, 1.54) is 0 Å². The first-order chi connectivity index (χ1) is 6.49. The fourth-order valence-electron chi connectivity index (χ4n) is 1.16. The van der Waals surface area contributed by atoms with E-state index in [0.29, 0.717) is 12.5 Å². The Balaban J connectivity index is 3.73. The minimum atomic E-state index is -0.288.